The van der Waals surface area contributed by atoms with E-state index in [0.29, 0.717) is 6.42 Å². The molecule has 4 nitrogen and oxygen atoms in total. The number of aromatic hydroxyl groups is 1. The first kappa shape index (κ1) is 9.96. The standard InChI is InChI=1S/C11H13NO3S/c13-10-3-1-2-9-11(10)7-6-16(14,15)5-4-8(7)12-9/h1-3,7-8,12-13H,4-6H2. The molecule has 1 aromatic carbocycles. The third kappa shape index (κ3) is 1.38. The predicted molar refractivity (Wildman–Crippen MR) is 61.5 cm³/mol. The van der Waals surface area contributed by atoms with E-state index in [2.05, 4.69) is 5.32 Å². The molecule has 0 radical (unpaired) electrons. The van der Waals surface area contributed by atoms with Crippen LogP contribution in [-0.4, -0.2) is 31.1 Å². The Morgan fingerprint density at radius 2 is 2.19 bits per heavy atom. The van der Waals surface area contributed by atoms with E-state index in [-0.39, 0.29) is 29.2 Å². The molecule has 0 aliphatic carbocycles. The van der Waals surface area contributed by atoms with Crippen LogP contribution in [0, 0.1) is 0 Å². The van der Waals surface area contributed by atoms with Crippen molar-refractivity contribution in [2.45, 2.75) is 18.4 Å². The zero-order valence-electron chi connectivity index (χ0n) is 8.68. The zero-order chi connectivity index (χ0) is 11.3. The molecule has 16 heavy (non-hydrogen) atoms. The number of anilines is 1. The molecule has 5 heteroatoms. The summed E-state index contributed by atoms with van der Waals surface area (Å²) in [6.07, 6.45) is 0.626. The monoisotopic (exact) mass is 239 g/mol. The van der Waals surface area contributed by atoms with Crippen LogP contribution in [0.2, 0.25) is 0 Å². The second kappa shape index (κ2) is 3.13. The molecule has 2 N–H and O–H groups in total. The Bertz CT molecular complexity index is 538. The van der Waals surface area contributed by atoms with E-state index in [9.17, 15) is 13.5 Å². The molecule has 0 aromatic heterocycles. The zero-order valence-corrected chi connectivity index (χ0v) is 9.50. The number of benzene rings is 1. The third-order valence-corrected chi connectivity index (χ3v) is 5.18. The van der Waals surface area contributed by atoms with Crippen LogP contribution in [0.25, 0.3) is 0 Å². The highest BCUT2D eigenvalue weighted by Gasteiger charge is 2.40. The first-order chi connectivity index (χ1) is 7.57. The summed E-state index contributed by atoms with van der Waals surface area (Å²) in [5.41, 5.74) is 1.66. The molecule has 2 heterocycles. The summed E-state index contributed by atoms with van der Waals surface area (Å²) in [5, 5.41) is 13.1. The highest BCUT2D eigenvalue weighted by molar-refractivity contribution is 7.91. The van der Waals surface area contributed by atoms with Crippen molar-refractivity contribution in [3.63, 3.8) is 0 Å². The molecule has 1 saturated heterocycles. The van der Waals surface area contributed by atoms with E-state index >= 15 is 0 Å². The van der Waals surface area contributed by atoms with E-state index < -0.39 is 9.84 Å². The number of fused-ring (bicyclic) bond motifs is 3. The molecule has 86 valence electrons. The van der Waals surface area contributed by atoms with Gasteiger partial charge >= 0.3 is 0 Å². The quantitative estimate of drug-likeness (QED) is 0.711. The molecule has 2 aliphatic heterocycles. The lowest BCUT2D eigenvalue weighted by Crippen LogP contribution is -2.35. The van der Waals surface area contributed by atoms with Gasteiger partial charge in [0.1, 0.15) is 5.75 Å². The SMILES string of the molecule is O=S1(=O)CCC2Nc3cccc(O)c3C2C1. The first-order valence-electron chi connectivity index (χ1n) is 5.36. The lowest BCUT2D eigenvalue weighted by molar-refractivity contribution is 0.459. The van der Waals surface area contributed by atoms with Crippen LogP contribution in [-0.2, 0) is 9.84 Å². The van der Waals surface area contributed by atoms with Crippen LogP contribution >= 0.6 is 0 Å². The molecule has 1 fully saturated rings. The second-order valence-corrected chi connectivity index (χ2v) is 6.73. The van der Waals surface area contributed by atoms with Crippen LogP contribution in [0.5, 0.6) is 5.75 Å². The average Bonchev–Trinajstić information content (AvgIpc) is 2.55. The summed E-state index contributed by atoms with van der Waals surface area (Å²) in [5.74, 6) is 0.509. The number of hydrogen-bond acceptors (Lipinski definition) is 4. The van der Waals surface area contributed by atoms with Crippen LogP contribution in [0.1, 0.15) is 17.9 Å². The summed E-state index contributed by atoms with van der Waals surface area (Å²) < 4.78 is 23.2. The minimum Gasteiger partial charge on any atom is -0.508 e. The fourth-order valence-corrected chi connectivity index (χ4v) is 4.43. The Hall–Kier alpha value is -1.23. The number of sulfone groups is 1. The molecule has 3 rings (SSSR count). The van der Waals surface area contributed by atoms with Gasteiger partial charge in [0.25, 0.3) is 0 Å². The molecule has 2 unspecified atom stereocenters. The number of phenolic OH excluding ortho intramolecular Hbond substituents is 1. The topological polar surface area (TPSA) is 66.4 Å². The van der Waals surface area contributed by atoms with E-state index in [1.54, 1.807) is 12.1 Å². The van der Waals surface area contributed by atoms with Gasteiger partial charge in [0.05, 0.1) is 11.5 Å². The van der Waals surface area contributed by atoms with Gasteiger partial charge in [-0.2, -0.15) is 0 Å². The summed E-state index contributed by atoms with van der Waals surface area (Å²) in [4.78, 5) is 0. The van der Waals surface area contributed by atoms with Crippen molar-refractivity contribution in [1.29, 1.82) is 0 Å². The van der Waals surface area contributed by atoms with Gasteiger partial charge in [0, 0.05) is 23.2 Å². The maximum absolute atomic E-state index is 11.6. The molecule has 0 amide bonds. The lowest BCUT2D eigenvalue weighted by atomic mass is 9.94. The van der Waals surface area contributed by atoms with Crippen LogP contribution in [0.4, 0.5) is 5.69 Å². The molecule has 0 saturated carbocycles. The highest BCUT2D eigenvalue weighted by Crippen LogP contribution is 2.44. The summed E-state index contributed by atoms with van der Waals surface area (Å²) >= 11 is 0. The van der Waals surface area contributed by atoms with Crippen molar-refractivity contribution in [3.05, 3.63) is 23.8 Å². The first-order valence-corrected chi connectivity index (χ1v) is 7.18. The normalized spacial score (nSPS) is 30.2. The molecule has 2 aliphatic rings. The van der Waals surface area contributed by atoms with Gasteiger partial charge in [-0.1, -0.05) is 6.07 Å². The minimum absolute atomic E-state index is 0.0880. The third-order valence-electron chi connectivity index (χ3n) is 3.45. The van der Waals surface area contributed by atoms with Crippen molar-refractivity contribution in [2.24, 2.45) is 0 Å². The van der Waals surface area contributed by atoms with Gasteiger partial charge in [-0.25, -0.2) is 8.42 Å². The summed E-state index contributed by atoms with van der Waals surface area (Å²) in [6.45, 7) is 0. The van der Waals surface area contributed by atoms with Crippen molar-refractivity contribution >= 4 is 15.5 Å². The molecular weight excluding hydrogens is 226 g/mol. The van der Waals surface area contributed by atoms with E-state index in [4.69, 9.17) is 0 Å². The Morgan fingerprint density at radius 3 is 3.00 bits per heavy atom. The van der Waals surface area contributed by atoms with Crippen molar-refractivity contribution in [1.82, 2.24) is 0 Å². The minimum atomic E-state index is -2.95. The maximum Gasteiger partial charge on any atom is 0.151 e. The van der Waals surface area contributed by atoms with Gasteiger partial charge < -0.3 is 10.4 Å². The van der Waals surface area contributed by atoms with E-state index in [1.165, 1.54) is 0 Å². The average molecular weight is 239 g/mol. The second-order valence-electron chi connectivity index (χ2n) is 4.50. The lowest BCUT2D eigenvalue weighted by Gasteiger charge is -2.25. The summed E-state index contributed by atoms with van der Waals surface area (Å²) in [6, 6.07) is 5.43. The molecular formula is C11H13NO3S. The fourth-order valence-electron chi connectivity index (χ4n) is 2.71. The number of phenols is 1. The number of rotatable bonds is 0. The van der Waals surface area contributed by atoms with E-state index in [1.807, 2.05) is 6.07 Å². The Morgan fingerprint density at radius 1 is 1.38 bits per heavy atom. The fraction of sp³-hybridized carbons (Fsp3) is 0.455. The van der Waals surface area contributed by atoms with Gasteiger partial charge in [-0.05, 0) is 18.6 Å². The van der Waals surface area contributed by atoms with Gasteiger partial charge in [0.2, 0.25) is 0 Å². The largest absolute Gasteiger partial charge is 0.508 e. The highest BCUT2D eigenvalue weighted by atomic mass is 32.2. The number of nitrogens with one attached hydrogen (secondary N) is 1. The van der Waals surface area contributed by atoms with Crippen molar-refractivity contribution in [3.8, 4) is 5.75 Å². The molecule has 0 bridgehead atoms. The van der Waals surface area contributed by atoms with Gasteiger partial charge in [-0.3, -0.25) is 0 Å². The van der Waals surface area contributed by atoms with E-state index in [0.717, 1.165) is 11.3 Å². The van der Waals surface area contributed by atoms with Gasteiger partial charge in [-0.15, -0.1) is 0 Å². The van der Waals surface area contributed by atoms with Crippen LogP contribution < -0.4 is 5.32 Å². The summed E-state index contributed by atoms with van der Waals surface area (Å²) in [7, 11) is -2.95. The van der Waals surface area contributed by atoms with Crippen LogP contribution in [0.3, 0.4) is 0 Å². The molecule has 2 atom stereocenters. The van der Waals surface area contributed by atoms with Crippen LogP contribution in [0.15, 0.2) is 18.2 Å². The van der Waals surface area contributed by atoms with Crippen molar-refractivity contribution < 1.29 is 13.5 Å². The molecule has 1 aromatic rings. The van der Waals surface area contributed by atoms with Crippen molar-refractivity contribution in [2.75, 3.05) is 16.8 Å². The van der Waals surface area contributed by atoms with Gasteiger partial charge in [0.15, 0.2) is 9.84 Å². The Balaban J connectivity index is 2.08. The Labute approximate surface area is 94.2 Å². The predicted octanol–water partition coefficient (Wildman–Crippen LogP) is 1.09. The number of hydrogen-bond donors (Lipinski definition) is 2. The Kier molecular flexibility index (Phi) is 1.95. The smallest absolute Gasteiger partial charge is 0.151 e. The molecule has 0 spiro atoms. The maximum atomic E-state index is 11.6.